The highest BCUT2D eigenvalue weighted by atomic mass is 16.3. The summed E-state index contributed by atoms with van der Waals surface area (Å²) < 4.78 is 5.57. The second kappa shape index (κ2) is 6.24. The van der Waals surface area contributed by atoms with Crippen molar-refractivity contribution in [2.24, 2.45) is 0 Å². The third-order valence-electron chi connectivity index (χ3n) is 3.88. The van der Waals surface area contributed by atoms with E-state index in [0.717, 1.165) is 22.4 Å². The summed E-state index contributed by atoms with van der Waals surface area (Å²) in [5.74, 6) is 1.00. The number of carbonyl (C=O) groups excluding carboxylic acids is 1. The minimum atomic E-state index is -0.150. The van der Waals surface area contributed by atoms with Crippen molar-refractivity contribution in [3.05, 3.63) is 66.3 Å². The maximum Gasteiger partial charge on any atom is 0.246 e. The van der Waals surface area contributed by atoms with E-state index in [4.69, 9.17) is 4.42 Å². The van der Waals surface area contributed by atoms with Gasteiger partial charge < -0.3 is 14.3 Å². The lowest BCUT2D eigenvalue weighted by atomic mass is 10.3. The molecule has 0 saturated carbocycles. The average Bonchev–Trinajstić information content (AvgIpc) is 3.22. The van der Waals surface area contributed by atoms with Gasteiger partial charge in [-0.3, -0.25) is 4.79 Å². The molecule has 0 aliphatic rings. The molecule has 25 heavy (non-hydrogen) atoms. The first-order valence-corrected chi connectivity index (χ1v) is 7.91. The Labute approximate surface area is 143 Å². The van der Waals surface area contributed by atoms with E-state index in [1.54, 1.807) is 18.0 Å². The van der Waals surface area contributed by atoms with Crippen LogP contribution in [0, 0.1) is 0 Å². The van der Waals surface area contributed by atoms with Crippen LogP contribution in [-0.4, -0.2) is 32.8 Å². The number of imidazole rings is 1. The van der Waals surface area contributed by atoms with Crippen LogP contribution in [0.3, 0.4) is 0 Å². The first-order chi connectivity index (χ1) is 12.2. The zero-order valence-electron chi connectivity index (χ0n) is 13.6. The topological polar surface area (TPSA) is 75.0 Å². The van der Waals surface area contributed by atoms with Gasteiger partial charge in [0.2, 0.25) is 11.8 Å². The fourth-order valence-corrected chi connectivity index (χ4v) is 2.61. The number of fused-ring (bicyclic) bond motifs is 2. The van der Waals surface area contributed by atoms with E-state index in [-0.39, 0.29) is 5.91 Å². The maximum absolute atomic E-state index is 12.3. The lowest BCUT2D eigenvalue weighted by Gasteiger charge is -2.12. The minimum absolute atomic E-state index is 0.150. The van der Waals surface area contributed by atoms with Gasteiger partial charge in [-0.2, -0.15) is 0 Å². The van der Waals surface area contributed by atoms with Crippen molar-refractivity contribution in [2.45, 2.75) is 6.54 Å². The number of nitrogens with one attached hydrogen (secondary N) is 1. The molecule has 2 aromatic carbocycles. The number of carbonyl (C=O) groups is 1. The van der Waals surface area contributed by atoms with Crippen LogP contribution in [0.5, 0.6) is 0 Å². The van der Waals surface area contributed by atoms with E-state index in [2.05, 4.69) is 15.0 Å². The monoisotopic (exact) mass is 332 g/mol. The SMILES string of the molecule is CN(Cc1nc2ccccc2[nH]1)C(=O)/C=C\c1nc2ccccc2o1. The number of likely N-dealkylation sites (N-methyl/N-ethyl adjacent to an activating group) is 1. The Bertz CT molecular complexity index is 1010. The molecule has 0 saturated heterocycles. The van der Waals surface area contributed by atoms with Gasteiger partial charge in [0.1, 0.15) is 11.3 Å². The normalized spacial score (nSPS) is 11.6. The molecule has 2 heterocycles. The summed E-state index contributed by atoms with van der Waals surface area (Å²) in [5.41, 5.74) is 3.32. The molecule has 0 unspecified atom stereocenters. The standard InChI is InChI=1S/C19H16N4O2/c1-23(12-17-20-13-6-2-3-7-14(13)21-17)19(24)11-10-18-22-15-8-4-5-9-16(15)25-18/h2-11H,12H2,1H3,(H,20,21)/b11-10-. The number of oxazole rings is 1. The van der Waals surface area contributed by atoms with E-state index in [1.165, 1.54) is 6.08 Å². The second-order valence-electron chi connectivity index (χ2n) is 5.75. The number of rotatable bonds is 4. The molecule has 0 aliphatic carbocycles. The van der Waals surface area contributed by atoms with Gasteiger partial charge in [0.25, 0.3) is 0 Å². The van der Waals surface area contributed by atoms with Gasteiger partial charge in [-0.25, -0.2) is 9.97 Å². The van der Waals surface area contributed by atoms with Crippen LogP contribution in [0.1, 0.15) is 11.7 Å². The van der Waals surface area contributed by atoms with Crippen molar-refractivity contribution in [1.82, 2.24) is 19.9 Å². The van der Waals surface area contributed by atoms with Crippen LogP contribution >= 0.6 is 0 Å². The maximum atomic E-state index is 12.3. The molecule has 0 bridgehead atoms. The number of aromatic nitrogens is 3. The van der Waals surface area contributed by atoms with Gasteiger partial charge >= 0.3 is 0 Å². The molecule has 0 fully saturated rings. The van der Waals surface area contributed by atoms with Crippen LogP contribution in [0.4, 0.5) is 0 Å². The van der Waals surface area contributed by atoms with Crippen LogP contribution in [-0.2, 0) is 11.3 Å². The molecule has 6 nitrogen and oxygen atoms in total. The molecule has 124 valence electrons. The van der Waals surface area contributed by atoms with Crippen molar-refractivity contribution in [1.29, 1.82) is 0 Å². The Balaban J connectivity index is 1.46. The number of hydrogen-bond donors (Lipinski definition) is 1. The zero-order valence-corrected chi connectivity index (χ0v) is 13.6. The highest BCUT2D eigenvalue weighted by Crippen LogP contribution is 2.16. The second-order valence-corrected chi connectivity index (χ2v) is 5.75. The third-order valence-corrected chi connectivity index (χ3v) is 3.88. The summed E-state index contributed by atoms with van der Waals surface area (Å²) >= 11 is 0. The highest BCUT2D eigenvalue weighted by Gasteiger charge is 2.10. The van der Waals surface area contributed by atoms with Crippen LogP contribution < -0.4 is 0 Å². The van der Waals surface area contributed by atoms with Crippen molar-refractivity contribution in [3.8, 4) is 0 Å². The van der Waals surface area contributed by atoms with Crippen molar-refractivity contribution in [3.63, 3.8) is 0 Å². The van der Waals surface area contributed by atoms with Crippen molar-refractivity contribution in [2.75, 3.05) is 7.05 Å². The number of H-pyrrole nitrogens is 1. The molecule has 0 radical (unpaired) electrons. The molecular formula is C19H16N4O2. The fraction of sp³-hybridized carbons (Fsp3) is 0.105. The molecule has 1 N–H and O–H groups in total. The van der Waals surface area contributed by atoms with Gasteiger partial charge in [-0.05, 0) is 24.3 Å². The molecule has 4 rings (SSSR count). The first-order valence-electron chi connectivity index (χ1n) is 7.91. The van der Waals surface area contributed by atoms with E-state index in [9.17, 15) is 4.79 Å². The van der Waals surface area contributed by atoms with E-state index < -0.39 is 0 Å². The Morgan fingerprint density at radius 3 is 2.68 bits per heavy atom. The van der Waals surface area contributed by atoms with Gasteiger partial charge in [0.05, 0.1) is 17.6 Å². The Morgan fingerprint density at radius 2 is 1.88 bits per heavy atom. The summed E-state index contributed by atoms with van der Waals surface area (Å²) in [6.07, 6.45) is 3.03. The quantitative estimate of drug-likeness (QED) is 0.581. The number of nitrogens with zero attached hydrogens (tertiary/aromatic N) is 3. The summed E-state index contributed by atoms with van der Waals surface area (Å²) in [7, 11) is 1.73. The molecule has 2 aromatic heterocycles. The van der Waals surface area contributed by atoms with Gasteiger partial charge in [0, 0.05) is 19.2 Å². The Hall–Kier alpha value is -3.41. The minimum Gasteiger partial charge on any atom is -0.437 e. The molecule has 1 amide bonds. The Kier molecular flexibility index (Phi) is 3.78. The van der Waals surface area contributed by atoms with Crippen LogP contribution in [0.15, 0.2) is 59.0 Å². The molecule has 6 heteroatoms. The lowest BCUT2D eigenvalue weighted by molar-refractivity contribution is -0.125. The number of para-hydroxylation sites is 4. The average molecular weight is 332 g/mol. The van der Waals surface area contributed by atoms with E-state index in [1.807, 2.05) is 48.5 Å². The fourth-order valence-electron chi connectivity index (χ4n) is 2.61. The lowest BCUT2D eigenvalue weighted by Crippen LogP contribution is -2.24. The van der Waals surface area contributed by atoms with Gasteiger partial charge in [0.15, 0.2) is 5.58 Å². The number of benzene rings is 2. The molecular weight excluding hydrogens is 316 g/mol. The van der Waals surface area contributed by atoms with Crippen molar-refractivity contribution < 1.29 is 9.21 Å². The Morgan fingerprint density at radius 1 is 1.12 bits per heavy atom. The summed E-state index contributed by atoms with van der Waals surface area (Å²) in [6.45, 7) is 0.394. The highest BCUT2D eigenvalue weighted by molar-refractivity contribution is 5.91. The number of aromatic amines is 1. The largest absolute Gasteiger partial charge is 0.437 e. The molecule has 0 aliphatic heterocycles. The smallest absolute Gasteiger partial charge is 0.246 e. The van der Waals surface area contributed by atoms with Crippen molar-refractivity contribution >= 4 is 34.1 Å². The predicted molar refractivity (Wildman–Crippen MR) is 95.6 cm³/mol. The van der Waals surface area contributed by atoms with Gasteiger partial charge in [-0.15, -0.1) is 0 Å². The number of hydrogen-bond acceptors (Lipinski definition) is 4. The van der Waals surface area contributed by atoms with Gasteiger partial charge in [-0.1, -0.05) is 24.3 Å². The van der Waals surface area contributed by atoms with E-state index in [0.29, 0.717) is 18.0 Å². The summed E-state index contributed by atoms with van der Waals surface area (Å²) in [5, 5.41) is 0. The third kappa shape index (κ3) is 3.14. The summed E-state index contributed by atoms with van der Waals surface area (Å²) in [6, 6.07) is 15.3. The zero-order chi connectivity index (χ0) is 17.2. The molecule has 4 aromatic rings. The first kappa shape index (κ1) is 15.1. The van der Waals surface area contributed by atoms with Crippen LogP contribution in [0.25, 0.3) is 28.2 Å². The van der Waals surface area contributed by atoms with E-state index >= 15 is 0 Å². The number of amides is 1. The summed E-state index contributed by atoms with van der Waals surface area (Å²) in [4.78, 5) is 25.9. The predicted octanol–water partition coefficient (Wildman–Crippen LogP) is 3.38. The van der Waals surface area contributed by atoms with Crippen LogP contribution in [0.2, 0.25) is 0 Å². The molecule has 0 spiro atoms. The molecule has 0 atom stereocenters.